The van der Waals surface area contributed by atoms with Crippen molar-refractivity contribution >= 4 is 11.0 Å². The van der Waals surface area contributed by atoms with Crippen LogP contribution in [0.5, 0.6) is 0 Å². The van der Waals surface area contributed by atoms with Crippen LogP contribution in [0.2, 0.25) is 0 Å². The van der Waals surface area contributed by atoms with E-state index in [0.29, 0.717) is 0 Å². The van der Waals surface area contributed by atoms with E-state index in [1.165, 1.54) is 0 Å². The summed E-state index contributed by atoms with van der Waals surface area (Å²) in [6.45, 7) is 0.830. The number of imidazole rings is 1. The zero-order valence-corrected chi connectivity index (χ0v) is 9.61. The van der Waals surface area contributed by atoms with E-state index in [1.54, 1.807) is 0 Å². The lowest BCUT2D eigenvalue weighted by Crippen LogP contribution is -3.00. The van der Waals surface area contributed by atoms with Crippen molar-refractivity contribution in [3.05, 3.63) is 42.2 Å². The fraction of sp³-hybridized carbons (Fsp3) is 0.182. The first-order valence-corrected chi connectivity index (χ1v) is 4.71. The lowest BCUT2D eigenvalue weighted by atomic mass is 10.2. The maximum Gasteiger partial charge on any atom is 0.288 e. The van der Waals surface area contributed by atoms with Crippen molar-refractivity contribution in [2.45, 2.75) is 12.6 Å². The smallest absolute Gasteiger partial charge is 0.288 e. The predicted octanol–water partition coefficient (Wildman–Crippen LogP) is -1.94. The third kappa shape index (κ3) is 1.50. The number of hydrogen-bond acceptors (Lipinski definition) is 1. The van der Waals surface area contributed by atoms with E-state index < -0.39 is 6.10 Å². The molecule has 2 aromatic rings. The van der Waals surface area contributed by atoms with Crippen LogP contribution < -0.4 is 21.5 Å². The molecule has 1 unspecified atom stereocenters. The monoisotopic (exact) mass is 266 g/mol. The molecule has 1 aliphatic rings. The highest BCUT2D eigenvalue weighted by Crippen LogP contribution is 2.17. The largest absolute Gasteiger partial charge is 1.00 e. The molecular formula is C11H11BrN2O. The topological polar surface area (TPSA) is 39.9 Å². The van der Waals surface area contributed by atoms with Crippen LogP contribution in [0.15, 0.2) is 36.4 Å². The van der Waals surface area contributed by atoms with E-state index in [2.05, 4.69) is 15.6 Å². The SMILES string of the molecule is OC1C=CC[n+]2c1[nH]c1ccccc12.[Br-]. The Labute approximate surface area is 97.8 Å². The molecule has 15 heavy (non-hydrogen) atoms. The number of fused-ring (bicyclic) bond motifs is 3. The Morgan fingerprint density at radius 3 is 3.00 bits per heavy atom. The Morgan fingerprint density at radius 1 is 1.33 bits per heavy atom. The molecule has 1 atom stereocenters. The zero-order valence-electron chi connectivity index (χ0n) is 8.02. The van der Waals surface area contributed by atoms with Gasteiger partial charge in [-0.1, -0.05) is 12.1 Å². The van der Waals surface area contributed by atoms with Crippen LogP contribution in [0.3, 0.4) is 0 Å². The number of hydrogen-bond donors (Lipinski definition) is 2. The summed E-state index contributed by atoms with van der Waals surface area (Å²) in [5.74, 6) is 0.869. The fourth-order valence-corrected chi connectivity index (χ4v) is 1.97. The van der Waals surface area contributed by atoms with Crippen molar-refractivity contribution in [3.63, 3.8) is 0 Å². The van der Waals surface area contributed by atoms with Crippen molar-refractivity contribution in [1.82, 2.24) is 4.98 Å². The van der Waals surface area contributed by atoms with Gasteiger partial charge in [0.05, 0.1) is 0 Å². The van der Waals surface area contributed by atoms with E-state index in [4.69, 9.17) is 0 Å². The van der Waals surface area contributed by atoms with Crippen LogP contribution in [-0.2, 0) is 6.54 Å². The van der Waals surface area contributed by atoms with Gasteiger partial charge in [0.2, 0.25) is 0 Å². The van der Waals surface area contributed by atoms with Gasteiger partial charge in [-0.2, -0.15) is 0 Å². The van der Waals surface area contributed by atoms with Gasteiger partial charge in [0.15, 0.2) is 17.1 Å². The molecular weight excluding hydrogens is 256 g/mol. The molecule has 0 radical (unpaired) electrons. The summed E-state index contributed by atoms with van der Waals surface area (Å²) < 4.78 is 2.10. The van der Waals surface area contributed by atoms with E-state index in [9.17, 15) is 5.11 Å². The van der Waals surface area contributed by atoms with Crippen LogP contribution >= 0.6 is 0 Å². The molecule has 1 aromatic heterocycles. The Hall–Kier alpha value is -1.13. The van der Waals surface area contributed by atoms with Gasteiger partial charge in [-0.15, -0.1) is 0 Å². The minimum atomic E-state index is -0.504. The van der Waals surface area contributed by atoms with Gasteiger partial charge < -0.3 is 22.1 Å². The Balaban J connectivity index is 0.000000853. The van der Waals surface area contributed by atoms with Crippen LogP contribution in [0, 0.1) is 0 Å². The number of rotatable bonds is 0. The maximum atomic E-state index is 9.72. The number of nitrogens with zero attached hydrogens (tertiary/aromatic N) is 1. The molecule has 0 bridgehead atoms. The summed E-state index contributed by atoms with van der Waals surface area (Å²) in [5.41, 5.74) is 2.22. The maximum absolute atomic E-state index is 9.72. The molecule has 4 heteroatoms. The minimum absolute atomic E-state index is 0. The van der Waals surface area contributed by atoms with Crippen LogP contribution in [0.1, 0.15) is 11.9 Å². The number of allylic oxidation sites excluding steroid dienone is 1. The normalized spacial score (nSPS) is 18.6. The van der Waals surface area contributed by atoms with Gasteiger partial charge in [-0.3, -0.25) is 0 Å². The highest BCUT2D eigenvalue weighted by atomic mass is 79.9. The second-order valence-corrected chi connectivity index (χ2v) is 3.51. The van der Waals surface area contributed by atoms with Gasteiger partial charge >= 0.3 is 0 Å². The van der Waals surface area contributed by atoms with E-state index in [1.807, 2.05) is 30.4 Å². The molecule has 0 amide bonds. The standard InChI is InChI=1S/C11H10N2O.BrH/c14-10-6-3-7-13-9-5-2-1-4-8(9)12-11(10)13;/h1-6,10,14H,7H2;1H. The van der Waals surface area contributed by atoms with Gasteiger partial charge in [-0.05, 0) is 24.3 Å². The number of halogens is 1. The number of H-pyrrole nitrogens is 1. The van der Waals surface area contributed by atoms with Crippen LogP contribution in [0.4, 0.5) is 0 Å². The van der Waals surface area contributed by atoms with Gasteiger partial charge in [-0.25, -0.2) is 9.55 Å². The second-order valence-electron chi connectivity index (χ2n) is 3.51. The summed E-state index contributed by atoms with van der Waals surface area (Å²) in [6, 6.07) is 8.08. The first-order valence-electron chi connectivity index (χ1n) is 4.71. The molecule has 0 spiro atoms. The number of aromatic amines is 1. The van der Waals surface area contributed by atoms with Crippen molar-refractivity contribution in [3.8, 4) is 0 Å². The van der Waals surface area contributed by atoms with Crippen LogP contribution in [-0.4, -0.2) is 10.1 Å². The van der Waals surface area contributed by atoms with E-state index in [0.717, 1.165) is 23.4 Å². The molecule has 1 aromatic carbocycles. The highest BCUT2D eigenvalue weighted by Gasteiger charge is 2.25. The number of aliphatic hydroxyl groups excluding tert-OH is 1. The summed E-state index contributed by atoms with van der Waals surface area (Å²) in [5, 5.41) is 9.72. The number of para-hydroxylation sites is 2. The Kier molecular flexibility index (Phi) is 2.63. The van der Waals surface area contributed by atoms with Crippen molar-refractivity contribution in [2.24, 2.45) is 0 Å². The third-order valence-corrected chi connectivity index (χ3v) is 2.63. The molecule has 2 heterocycles. The third-order valence-electron chi connectivity index (χ3n) is 2.63. The van der Waals surface area contributed by atoms with Gasteiger partial charge in [0, 0.05) is 0 Å². The molecule has 0 saturated heterocycles. The van der Waals surface area contributed by atoms with Gasteiger partial charge in [0.25, 0.3) is 5.82 Å². The number of nitrogens with one attached hydrogen (secondary N) is 1. The molecule has 0 fully saturated rings. The zero-order chi connectivity index (χ0) is 9.54. The van der Waals surface area contributed by atoms with Crippen LogP contribution in [0.25, 0.3) is 11.0 Å². The second kappa shape index (κ2) is 3.79. The molecule has 78 valence electrons. The summed E-state index contributed by atoms with van der Waals surface area (Å²) in [7, 11) is 0. The van der Waals surface area contributed by atoms with Crippen molar-refractivity contribution in [1.29, 1.82) is 0 Å². The lowest BCUT2D eigenvalue weighted by Gasteiger charge is -2.06. The van der Waals surface area contributed by atoms with Gasteiger partial charge in [0.1, 0.15) is 6.54 Å². The number of aliphatic hydroxyl groups is 1. The number of aromatic nitrogens is 2. The molecule has 3 rings (SSSR count). The fourth-order valence-electron chi connectivity index (χ4n) is 1.97. The minimum Gasteiger partial charge on any atom is -1.00 e. The predicted molar refractivity (Wildman–Crippen MR) is 52.6 cm³/mol. The highest BCUT2D eigenvalue weighted by molar-refractivity contribution is 5.71. The average Bonchev–Trinajstić information content (AvgIpc) is 2.59. The van der Waals surface area contributed by atoms with E-state index in [-0.39, 0.29) is 17.0 Å². The molecule has 1 aliphatic heterocycles. The lowest BCUT2D eigenvalue weighted by molar-refractivity contribution is -0.674. The molecule has 0 aliphatic carbocycles. The summed E-state index contributed by atoms with van der Waals surface area (Å²) in [6.07, 6.45) is 3.29. The van der Waals surface area contributed by atoms with E-state index >= 15 is 0 Å². The van der Waals surface area contributed by atoms with Crippen molar-refractivity contribution < 1.29 is 26.7 Å². The number of benzene rings is 1. The Morgan fingerprint density at radius 2 is 2.13 bits per heavy atom. The molecule has 0 saturated carbocycles. The van der Waals surface area contributed by atoms with Crippen molar-refractivity contribution in [2.75, 3.05) is 0 Å². The Bertz CT molecular complexity index is 518. The first kappa shape index (κ1) is 10.4. The summed E-state index contributed by atoms with van der Waals surface area (Å²) in [4.78, 5) is 3.23. The molecule has 2 N–H and O–H groups in total. The molecule has 3 nitrogen and oxygen atoms in total. The average molecular weight is 267 g/mol. The first-order chi connectivity index (χ1) is 6.86. The summed E-state index contributed by atoms with van der Waals surface area (Å²) >= 11 is 0. The quantitative estimate of drug-likeness (QED) is 0.423.